The van der Waals surface area contributed by atoms with Crippen LogP contribution in [0.4, 0.5) is 13.2 Å². The number of benzene rings is 1. The molecule has 0 saturated carbocycles. The summed E-state index contributed by atoms with van der Waals surface area (Å²) in [6, 6.07) is 3.42. The van der Waals surface area contributed by atoms with Gasteiger partial charge < -0.3 is 9.47 Å². The van der Waals surface area contributed by atoms with Gasteiger partial charge in [-0.25, -0.2) is 9.18 Å². The summed E-state index contributed by atoms with van der Waals surface area (Å²) in [5.41, 5.74) is 0.344. The molecule has 0 unspecified atom stereocenters. The summed E-state index contributed by atoms with van der Waals surface area (Å²) < 4.78 is 46.1. The number of hydrogen-bond donors (Lipinski definition) is 0. The van der Waals surface area contributed by atoms with Gasteiger partial charge in [-0.15, -0.1) is 0 Å². The molecule has 0 aromatic heterocycles. The highest BCUT2D eigenvalue weighted by Crippen LogP contribution is 2.20. The summed E-state index contributed by atoms with van der Waals surface area (Å²) in [5, 5.41) is 0. The number of ether oxygens (including phenoxy) is 2. The molecule has 0 amide bonds. The molecule has 1 aromatic rings. The zero-order valence-electron chi connectivity index (χ0n) is 10.9. The van der Waals surface area contributed by atoms with Crippen molar-refractivity contribution in [2.24, 2.45) is 0 Å². The van der Waals surface area contributed by atoms with Crippen LogP contribution in [0.3, 0.4) is 0 Å². The molecule has 110 valence electrons. The maximum atomic E-state index is 13.4. The zero-order chi connectivity index (χ0) is 15.0. The smallest absolute Gasteiger partial charge is 0.387 e. The van der Waals surface area contributed by atoms with Gasteiger partial charge in [0.2, 0.25) is 0 Å². The van der Waals surface area contributed by atoms with Crippen LogP contribution in [0.5, 0.6) is 5.75 Å². The molecular weight excluding hydrogens is 273 g/mol. The van der Waals surface area contributed by atoms with Crippen molar-refractivity contribution in [2.45, 2.75) is 26.4 Å². The summed E-state index contributed by atoms with van der Waals surface area (Å²) in [6.07, 6.45) is 4.17. The number of halogens is 3. The molecule has 6 heteroatoms. The van der Waals surface area contributed by atoms with Crippen LogP contribution in [0.2, 0.25) is 0 Å². The lowest BCUT2D eigenvalue weighted by Gasteiger charge is -2.05. The number of unbranched alkanes of at least 4 members (excludes halogenated alkanes) is 1. The molecule has 0 N–H and O–H groups in total. The molecular formula is C14H15F3O3. The first-order chi connectivity index (χ1) is 9.52. The van der Waals surface area contributed by atoms with Crippen LogP contribution in [0.1, 0.15) is 25.3 Å². The Morgan fingerprint density at radius 2 is 2.15 bits per heavy atom. The lowest BCUT2D eigenvalue weighted by atomic mass is 10.2. The Morgan fingerprint density at radius 3 is 2.75 bits per heavy atom. The molecule has 0 spiro atoms. The Kier molecular flexibility index (Phi) is 6.63. The summed E-state index contributed by atoms with van der Waals surface area (Å²) in [6.45, 7) is -0.788. The molecule has 0 aliphatic heterocycles. The average Bonchev–Trinajstić information content (AvgIpc) is 2.39. The topological polar surface area (TPSA) is 35.5 Å². The van der Waals surface area contributed by atoms with E-state index in [0.717, 1.165) is 31.1 Å². The van der Waals surface area contributed by atoms with E-state index in [9.17, 15) is 18.0 Å². The minimum atomic E-state index is -3.08. The molecule has 0 radical (unpaired) electrons. The van der Waals surface area contributed by atoms with Gasteiger partial charge in [0.25, 0.3) is 0 Å². The fourth-order valence-corrected chi connectivity index (χ4v) is 1.34. The third kappa shape index (κ3) is 5.77. The molecule has 0 atom stereocenters. The standard InChI is InChI=1S/C14H15F3O3/c1-2-3-8-19-13(18)7-5-10-4-6-12(11(15)9-10)20-14(16)17/h4-7,9,14H,2-3,8H2,1H3/b7-5+. The second-order valence-electron chi connectivity index (χ2n) is 3.92. The lowest BCUT2D eigenvalue weighted by molar-refractivity contribution is -0.137. The van der Waals surface area contributed by atoms with E-state index in [2.05, 4.69) is 4.74 Å². The van der Waals surface area contributed by atoms with E-state index >= 15 is 0 Å². The van der Waals surface area contributed by atoms with Crippen LogP contribution < -0.4 is 4.74 Å². The monoisotopic (exact) mass is 288 g/mol. The van der Waals surface area contributed by atoms with Gasteiger partial charge in [-0.3, -0.25) is 0 Å². The zero-order valence-corrected chi connectivity index (χ0v) is 10.9. The second-order valence-corrected chi connectivity index (χ2v) is 3.92. The highest BCUT2D eigenvalue weighted by Gasteiger charge is 2.09. The van der Waals surface area contributed by atoms with E-state index < -0.39 is 24.1 Å². The average molecular weight is 288 g/mol. The van der Waals surface area contributed by atoms with E-state index in [1.807, 2.05) is 6.92 Å². The largest absolute Gasteiger partial charge is 0.463 e. The highest BCUT2D eigenvalue weighted by atomic mass is 19.3. The number of rotatable bonds is 7. The Labute approximate surface area is 115 Å². The molecule has 0 heterocycles. The Balaban J connectivity index is 2.60. The third-order valence-electron chi connectivity index (χ3n) is 2.33. The Hall–Kier alpha value is -1.98. The van der Waals surface area contributed by atoms with E-state index in [-0.39, 0.29) is 0 Å². The lowest BCUT2D eigenvalue weighted by Crippen LogP contribution is -2.03. The van der Waals surface area contributed by atoms with Gasteiger partial charge >= 0.3 is 12.6 Å². The first kappa shape index (κ1) is 16.1. The fourth-order valence-electron chi connectivity index (χ4n) is 1.34. The van der Waals surface area contributed by atoms with E-state index in [1.54, 1.807) is 0 Å². The molecule has 20 heavy (non-hydrogen) atoms. The number of alkyl halides is 2. The number of esters is 1. The van der Waals surface area contributed by atoms with Crippen molar-refractivity contribution in [2.75, 3.05) is 6.61 Å². The van der Waals surface area contributed by atoms with E-state index in [0.29, 0.717) is 12.2 Å². The highest BCUT2D eigenvalue weighted by molar-refractivity contribution is 5.87. The van der Waals surface area contributed by atoms with Gasteiger partial charge in [0.15, 0.2) is 11.6 Å². The SMILES string of the molecule is CCCCOC(=O)/C=C/c1ccc(OC(F)F)c(F)c1. The summed E-state index contributed by atoms with van der Waals surface area (Å²) in [7, 11) is 0. The van der Waals surface area contributed by atoms with Crippen molar-refractivity contribution in [3.05, 3.63) is 35.7 Å². The van der Waals surface area contributed by atoms with Crippen LogP contribution >= 0.6 is 0 Å². The number of carbonyl (C=O) groups excluding carboxylic acids is 1. The van der Waals surface area contributed by atoms with Crippen LogP contribution in [-0.2, 0) is 9.53 Å². The minimum Gasteiger partial charge on any atom is -0.463 e. The van der Waals surface area contributed by atoms with Crippen molar-refractivity contribution >= 4 is 12.0 Å². The fraction of sp³-hybridized carbons (Fsp3) is 0.357. The molecule has 0 bridgehead atoms. The van der Waals surface area contributed by atoms with Gasteiger partial charge in [-0.05, 0) is 30.2 Å². The van der Waals surface area contributed by atoms with Crippen molar-refractivity contribution in [3.8, 4) is 5.75 Å². The predicted octanol–water partition coefficient (Wildman–Crippen LogP) is 3.78. The number of hydrogen-bond acceptors (Lipinski definition) is 3. The van der Waals surface area contributed by atoms with Gasteiger partial charge in [0.05, 0.1) is 6.61 Å². The van der Waals surface area contributed by atoms with Crippen molar-refractivity contribution in [3.63, 3.8) is 0 Å². The molecule has 1 aromatic carbocycles. The summed E-state index contributed by atoms with van der Waals surface area (Å²) in [5.74, 6) is -2.00. The molecule has 3 nitrogen and oxygen atoms in total. The molecule has 1 rings (SSSR count). The molecule has 0 saturated heterocycles. The van der Waals surface area contributed by atoms with Gasteiger partial charge in [-0.2, -0.15) is 8.78 Å². The first-order valence-corrected chi connectivity index (χ1v) is 6.12. The predicted molar refractivity (Wildman–Crippen MR) is 67.9 cm³/mol. The molecule has 0 fully saturated rings. The summed E-state index contributed by atoms with van der Waals surface area (Å²) >= 11 is 0. The van der Waals surface area contributed by atoms with Gasteiger partial charge in [-0.1, -0.05) is 19.4 Å². The first-order valence-electron chi connectivity index (χ1n) is 6.12. The Bertz CT molecular complexity index is 473. The van der Waals surface area contributed by atoms with Crippen molar-refractivity contribution in [1.82, 2.24) is 0 Å². The second kappa shape index (κ2) is 8.24. The maximum Gasteiger partial charge on any atom is 0.387 e. The molecule has 0 aliphatic carbocycles. The third-order valence-corrected chi connectivity index (χ3v) is 2.33. The quantitative estimate of drug-likeness (QED) is 0.435. The van der Waals surface area contributed by atoms with Crippen LogP contribution in [0.25, 0.3) is 6.08 Å². The van der Waals surface area contributed by atoms with Crippen molar-refractivity contribution < 1.29 is 27.4 Å². The van der Waals surface area contributed by atoms with Crippen LogP contribution in [0.15, 0.2) is 24.3 Å². The van der Waals surface area contributed by atoms with Crippen LogP contribution in [0, 0.1) is 5.82 Å². The minimum absolute atomic E-state index is 0.329. The van der Waals surface area contributed by atoms with Crippen LogP contribution in [-0.4, -0.2) is 19.2 Å². The van der Waals surface area contributed by atoms with E-state index in [1.165, 1.54) is 12.1 Å². The van der Waals surface area contributed by atoms with Gasteiger partial charge in [0, 0.05) is 6.08 Å². The normalized spacial score (nSPS) is 11.1. The molecule has 0 aliphatic rings. The maximum absolute atomic E-state index is 13.4. The summed E-state index contributed by atoms with van der Waals surface area (Å²) in [4.78, 5) is 11.3. The Morgan fingerprint density at radius 1 is 1.40 bits per heavy atom. The van der Waals surface area contributed by atoms with Crippen molar-refractivity contribution in [1.29, 1.82) is 0 Å². The number of carbonyl (C=O) groups is 1. The van der Waals surface area contributed by atoms with E-state index in [4.69, 9.17) is 4.74 Å². The van der Waals surface area contributed by atoms with Gasteiger partial charge in [0.1, 0.15) is 0 Å².